The molecule has 1 amide bonds. The molecule has 0 aliphatic carbocycles. The first-order chi connectivity index (χ1) is 9.06. The van der Waals surface area contributed by atoms with Crippen LogP contribution in [0.25, 0.3) is 0 Å². The van der Waals surface area contributed by atoms with E-state index in [4.69, 9.17) is 18.0 Å². The van der Waals surface area contributed by atoms with E-state index in [1.54, 1.807) is 0 Å². The summed E-state index contributed by atoms with van der Waals surface area (Å²) in [6.07, 6.45) is 5.45. The highest BCUT2D eigenvalue weighted by Crippen LogP contribution is 2.13. The topological polar surface area (TPSA) is 49.6 Å². The van der Waals surface area contributed by atoms with Crippen molar-refractivity contribution in [2.45, 2.75) is 52.0 Å². The minimum atomic E-state index is -0.0718. The number of nitrogens with two attached hydrogens (primary N) is 1. The fourth-order valence-corrected chi connectivity index (χ4v) is 2.68. The molecule has 0 bridgehead atoms. The molecule has 0 radical (unpaired) electrons. The van der Waals surface area contributed by atoms with Crippen LogP contribution in [-0.4, -0.2) is 52.9 Å². The molecule has 19 heavy (non-hydrogen) atoms. The zero-order chi connectivity index (χ0) is 14.3. The molecule has 4 nitrogen and oxygen atoms in total. The van der Waals surface area contributed by atoms with Gasteiger partial charge in [0.2, 0.25) is 5.91 Å². The van der Waals surface area contributed by atoms with Gasteiger partial charge in [-0.25, -0.2) is 0 Å². The molecule has 0 saturated carbocycles. The van der Waals surface area contributed by atoms with Crippen molar-refractivity contribution < 1.29 is 4.79 Å². The summed E-state index contributed by atoms with van der Waals surface area (Å²) in [4.78, 5) is 17.2. The molecule has 2 N–H and O–H groups in total. The molecule has 0 spiro atoms. The summed E-state index contributed by atoms with van der Waals surface area (Å²) >= 11 is 4.91. The largest absolute Gasteiger partial charge is 0.393 e. The van der Waals surface area contributed by atoms with Crippen LogP contribution in [0.4, 0.5) is 0 Å². The Hall–Kier alpha value is -0.680. The summed E-state index contributed by atoms with van der Waals surface area (Å²) in [7, 11) is 0. The van der Waals surface area contributed by atoms with Crippen molar-refractivity contribution in [3.8, 4) is 0 Å². The molecule has 0 aromatic rings. The molecule has 5 heteroatoms. The van der Waals surface area contributed by atoms with E-state index in [0.29, 0.717) is 11.4 Å². The monoisotopic (exact) mass is 285 g/mol. The number of likely N-dealkylation sites (tertiary alicyclic amines) is 1. The number of carbonyl (C=O) groups is 1. The minimum Gasteiger partial charge on any atom is -0.393 e. The second-order valence-electron chi connectivity index (χ2n) is 5.26. The van der Waals surface area contributed by atoms with Crippen LogP contribution in [0.15, 0.2) is 0 Å². The lowest BCUT2D eigenvalue weighted by molar-refractivity contribution is -0.136. The SMILES string of the molecule is CCN(CCC(N)=S)C(C)C(=O)N1CCCCCC1. The van der Waals surface area contributed by atoms with Gasteiger partial charge in [-0.05, 0) is 26.3 Å². The summed E-state index contributed by atoms with van der Waals surface area (Å²) in [5.41, 5.74) is 5.54. The van der Waals surface area contributed by atoms with Crippen molar-refractivity contribution >= 4 is 23.1 Å². The van der Waals surface area contributed by atoms with E-state index in [1.165, 1.54) is 12.8 Å². The number of hydrogen-bond acceptors (Lipinski definition) is 3. The Kier molecular flexibility index (Phi) is 7.31. The Balaban J connectivity index is 2.54. The van der Waals surface area contributed by atoms with Crippen LogP contribution in [0.2, 0.25) is 0 Å². The van der Waals surface area contributed by atoms with Gasteiger partial charge in [0.1, 0.15) is 0 Å². The van der Waals surface area contributed by atoms with Gasteiger partial charge in [0.15, 0.2) is 0 Å². The molecular formula is C14H27N3OS. The number of likely N-dealkylation sites (N-methyl/N-ethyl adjacent to an activating group) is 1. The van der Waals surface area contributed by atoms with Crippen molar-refractivity contribution in [3.05, 3.63) is 0 Å². The normalized spacial score (nSPS) is 18.2. The lowest BCUT2D eigenvalue weighted by Crippen LogP contribution is -2.48. The first kappa shape index (κ1) is 16.4. The number of nitrogens with zero attached hydrogens (tertiary/aromatic N) is 2. The predicted octanol–water partition coefficient (Wildman–Crippen LogP) is 1.78. The Morgan fingerprint density at radius 1 is 1.32 bits per heavy atom. The fourth-order valence-electron chi connectivity index (χ4n) is 2.59. The average molecular weight is 285 g/mol. The maximum atomic E-state index is 12.5. The van der Waals surface area contributed by atoms with Gasteiger partial charge in [0.25, 0.3) is 0 Å². The molecule has 1 unspecified atom stereocenters. The predicted molar refractivity (Wildman–Crippen MR) is 83.2 cm³/mol. The molecule has 1 fully saturated rings. The van der Waals surface area contributed by atoms with Crippen LogP contribution < -0.4 is 5.73 Å². The molecule has 1 heterocycles. The van der Waals surface area contributed by atoms with Gasteiger partial charge in [0, 0.05) is 26.1 Å². The molecule has 110 valence electrons. The Labute approximate surface area is 122 Å². The van der Waals surface area contributed by atoms with Crippen molar-refractivity contribution in [1.82, 2.24) is 9.80 Å². The maximum Gasteiger partial charge on any atom is 0.239 e. The Bertz CT molecular complexity index is 301. The van der Waals surface area contributed by atoms with E-state index in [1.807, 2.05) is 11.8 Å². The third-order valence-electron chi connectivity index (χ3n) is 3.87. The van der Waals surface area contributed by atoms with Crippen LogP contribution >= 0.6 is 12.2 Å². The first-order valence-electron chi connectivity index (χ1n) is 7.37. The molecule has 1 rings (SSSR count). The molecule has 1 saturated heterocycles. The standard InChI is InChI=1S/C14H27N3OS/c1-3-16(11-8-13(15)19)12(2)14(18)17-9-6-4-5-7-10-17/h12H,3-11H2,1-2H3,(H2,15,19). The van der Waals surface area contributed by atoms with E-state index >= 15 is 0 Å². The van der Waals surface area contributed by atoms with Crippen molar-refractivity contribution in [3.63, 3.8) is 0 Å². The number of rotatable bonds is 6. The fraction of sp³-hybridized carbons (Fsp3) is 0.857. The highest BCUT2D eigenvalue weighted by molar-refractivity contribution is 7.80. The van der Waals surface area contributed by atoms with Crippen LogP contribution in [0.3, 0.4) is 0 Å². The third-order valence-corrected chi connectivity index (χ3v) is 4.08. The number of amides is 1. The summed E-state index contributed by atoms with van der Waals surface area (Å²) in [5, 5.41) is 0. The third kappa shape index (κ3) is 5.45. The lowest BCUT2D eigenvalue weighted by Gasteiger charge is -2.31. The van der Waals surface area contributed by atoms with Gasteiger partial charge in [-0.15, -0.1) is 0 Å². The maximum absolute atomic E-state index is 12.5. The second-order valence-corrected chi connectivity index (χ2v) is 5.78. The molecule has 1 atom stereocenters. The van der Waals surface area contributed by atoms with Gasteiger partial charge in [-0.2, -0.15) is 0 Å². The van der Waals surface area contributed by atoms with Crippen LogP contribution in [-0.2, 0) is 4.79 Å². The number of thiocarbonyl (C=S) groups is 1. The van der Waals surface area contributed by atoms with Crippen molar-refractivity contribution in [2.75, 3.05) is 26.2 Å². The zero-order valence-corrected chi connectivity index (χ0v) is 13.0. The second kappa shape index (κ2) is 8.48. The summed E-state index contributed by atoms with van der Waals surface area (Å²) in [5.74, 6) is 0.256. The van der Waals surface area contributed by atoms with Crippen LogP contribution in [0.5, 0.6) is 0 Å². The summed E-state index contributed by atoms with van der Waals surface area (Å²) in [6, 6.07) is -0.0718. The molecular weight excluding hydrogens is 258 g/mol. The van der Waals surface area contributed by atoms with Crippen LogP contribution in [0, 0.1) is 0 Å². The van der Waals surface area contributed by atoms with Gasteiger partial charge in [0.05, 0.1) is 11.0 Å². The summed E-state index contributed by atoms with van der Waals surface area (Å²) < 4.78 is 0. The van der Waals surface area contributed by atoms with E-state index in [9.17, 15) is 4.79 Å². The summed E-state index contributed by atoms with van der Waals surface area (Å²) in [6.45, 7) is 7.52. The highest BCUT2D eigenvalue weighted by Gasteiger charge is 2.25. The number of hydrogen-bond donors (Lipinski definition) is 1. The van der Waals surface area contributed by atoms with Crippen LogP contribution in [0.1, 0.15) is 46.0 Å². The van der Waals surface area contributed by atoms with E-state index < -0.39 is 0 Å². The van der Waals surface area contributed by atoms with E-state index in [2.05, 4.69) is 11.8 Å². The highest BCUT2D eigenvalue weighted by atomic mass is 32.1. The zero-order valence-electron chi connectivity index (χ0n) is 12.2. The Morgan fingerprint density at radius 3 is 2.37 bits per heavy atom. The number of carbonyl (C=O) groups excluding carboxylic acids is 1. The first-order valence-corrected chi connectivity index (χ1v) is 7.78. The van der Waals surface area contributed by atoms with Crippen molar-refractivity contribution in [2.24, 2.45) is 5.73 Å². The molecule has 1 aliphatic rings. The van der Waals surface area contributed by atoms with Gasteiger partial charge in [-0.1, -0.05) is 32.0 Å². The minimum absolute atomic E-state index is 0.0718. The smallest absolute Gasteiger partial charge is 0.239 e. The molecule has 0 aromatic carbocycles. The van der Waals surface area contributed by atoms with E-state index in [-0.39, 0.29) is 11.9 Å². The van der Waals surface area contributed by atoms with E-state index in [0.717, 1.165) is 39.0 Å². The Morgan fingerprint density at radius 2 is 1.89 bits per heavy atom. The lowest BCUT2D eigenvalue weighted by atomic mass is 10.2. The molecule has 0 aromatic heterocycles. The van der Waals surface area contributed by atoms with Gasteiger partial charge >= 0.3 is 0 Å². The average Bonchev–Trinajstić information content (AvgIpc) is 2.66. The van der Waals surface area contributed by atoms with Crippen molar-refractivity contribution in [1.29, 1.82) is 0 Å². The van der Waals surface area contributed by atoms with Gasteiger partial charge < -0.3 is 10.6 Å². The van der Waals surface area contributed by atoms with Gasteiger partial charge in [-0.3, -0.25) is 9.69 Å². The quantitative estimate of drug-likeness (QED) is 0.756. The molecule has 1 aliphatic heterocycles.